The molecule has 13 heteroatoms. The molecule has 2 aliphatic heterocycles. The van der Waals surface area contributed by atoms with Crippen LogP contribution in [0.25, 0.3) is 33.4 Å². The van der Waals surface area contributed by atoms with Gasteiger partial charge in [-0.3, -0.25) is 9.59 Å². The lowest BCUT2D eigenvalue weighted by molar-refractivity contribution is -0.172. The van der Waals surface area contributed by atoms with Gasteiger partial charge in [0.2, 0.25) is 5.91 Å². The number of cyclic esters (lactones) is 1. The number of aryl methyl sites for hydroxylation is 2. The molecule has 0 saturated heterocycles. The van der Waals surface area contributed by atoms with Gasteiger partial charge >= 0.3 is 12.1 Å². The van der Waals surface area contributed by atoms with E-state index in [2.05, 4.69) is 22.8 Å². The van der Waals surface area contributed by atoms with Gasteiger partial charge in [0, 0.05) is 35.1 Å². The van der Waals surface area contributed by atoms with Crippen LogP contribution in [0.2, 0.25) is 0 Å². The number of hydrogen-bond donors (Lipinski definition) is 3. The molecule has 3 aromatic carbocycles. The highest BCUT2D eigenvalue weighted by molar-refractivity contribution is 5.90. The SMILES string of the molecule is CC[C@@]1(O)C(=O)OCc2c1cc1n(c2=O)Cc2c-1nc1cc(F)c(C)cc1c2CCCOCNC(=O)CNC(=O)OCC1c2ccccc2-c2ccccc21. The van der Waals surface area contributed by atoms with Crippen molar-refractivity contribution in [1.29, 1.82) is 0 Å². The number of nitrogens with one attached hydrogen (secondary N) is 2. The predicted octanol–water partition coefficient (Wildman–Crippen LogP) is 5.09. The van der Waals surface area contributed by atoms with E-state index in [9.17, 15) is 28.7 Å². The zero-order valence-corrected chi connectivity index (χ0v) is 30.4. The highest BCUT2D eigenvalue weighted by Gasteiger charge is 2.45. The number of halogens is 1. The summed E-state index contributed by atoms with van der Waals surface area (Å²) in [6.45, 7) is 3.32. The number of aromatic nitrogens is 2. The topological polar surface area (TPSA) is 158 Å². The highest BCUT2D eigenvalue weighted by atomic mass is 19.1. The highest BCUT2D eigenvalue weighted by Crippen LogP contribution is 2.45. The van der Waals surface area contributed by atoms with E-state index in [0.29, 0.717) is 35.3 Å². The third kappa shape index (κ3) is 6.32. The fourth-order valence-corrected chi connectivity index (χ4v) is 8.00. The Bertz CT molecular complexity index is 2420. The van der Waals surface area contributed by atoms with Crippen molar-refractivity contribution in [3.8, 4) is 22.5 Å². The maximum Gasteiger partial charge on any atom is 0.407 e. The Morgan fingerprint density at radius 2 is 1.76 bits per heavy atom. The third-order valence-corrected chi connectivity index (χ3v) is 10.9. The lowest BCUT2D eigenvalue weighted by Gasteiger charge is -2.31. The molecule has 0 radical (unpaired) electrons. The van der Waals surface area contributed by atoms with Gasteiger partial charge in [-0.15, -0.1) is 0 Å². The van der Waals surface area contributed by atoms with Crippen LogP contribution in [0.4, 0.5) is 9.18 Å². The summed E-state index contributed by atoms with van der Waals surface area (Å²) in [6, 6.07) is 20.8. The van der Waals surface area contributed by atoms with E-state index in [1.807, 2.05) is 36.4 Å². The van der Waals surface area contributed by atoms with E-state index in [4.69, 9.17) is 19.2 Å². The number of aliphatic hydroxyl groups is 1. The molecule has 55 heavy (non-hydrogen) atoms. The number of esters is 1. The number of alkyl carbamates (subject to hydrolysis) is 1. The number of ether oxygens (including phenoxy) is 3. The van der Waals surface area contributed by atoms with Crippen LogP contribution in [0.1, 0.15) is 64.6 Å². The number of carbonyl (C=O) groups excluding carboxylic acids is 3. The van der Waals surface area contributed by atoms with Crippen LogP contribution in [0.3, 0.4) is 0 Å². The summed E-state index contributed by atoms with van der Waals surface area (Å²) in [5, 5.41) is 17.1. The summed E-state index contributed by atoms with van der Waals surface area (Å²) in [6.07, 6.45) is 0.338. The van der Waals surface area contributed by atoms with Crippen molar-refractivity contribution < 1.29 is 38.1 Å². The van der Waals surface area contributed by atoms with Gasteiger partial charge < -0.3 is 34.5 Å². The molecule has 1 aliphatic carbocycles. The molecular weight excluding hydrogens is 707 g/mol. The Labute approximate surface area is 315 Å². The molecule has 2 amide bonds. The number of rotatable bonds is 11. The van der Waals surface area contributed by atoms with E-state index < -0.39 is 29.4 Å². The van der Waals surface area contributed by atoms with E-state index in [1.165, 1.54) is 6.07 Å². The standard InChI is InChI=1S/C42H39FN4O8/c1-3-42(52)33-16-36-38-30(19-47(36)39(49)32(33)21-54-40(42)50)28(29-15-23(2)34(43)17-35(29)46-38)13-8-14-53-22-45-37(48)18-44-41(51)55-20-31-26-11-6-4-9-24(26)25-10-5-7-12-27(25)31/h4-7,9-12,15-17,31,52H,3,8,13-14,18-22H2,1-2H3,(H,44,51)(H,45,48)/t42-/m0/s1. The van der Waals surface area contributed by atoms with Crippen LogP contribution in [0.15, 0.2) is 71.5 Å². The van der Waals surface area contributed by atoms with Crippen molar-refractivity contribution in [2.75, 3.05) is 26.5 Å². The predicted molar refractivity (Wildman–Crippen MR) is 200 cm³/mol. The van der Waals surface area contributed by atoms with Crippen LogP contribution in [-0.4, -0.2) is 59.1 Å². The number of pyridine rings is 2. The minimum atomic E-state index is -1.96. The first-order chi connectivity index (χ1) is 26.6. The fourth-order valence-electron chi connectivity index (χ4n) is 8.00. The molecule has 4 heterocycles. The van der Waals surface area contributed by atoms with Gasteiger partial charge in [0.25, 0.3) is 5.56 Å². The molecule has 0 unspecified atom stereocenters. The molecule has 1 atom stereocenters. The number of hydrogen-bond acceptors (Lipinski definition) is 9. The summed E-state index contributed by atoms with van der Waals surface area (Å²) in [7, 11) is 0. The summed E-state index contributed by atoms with van der Waals surface area (Å²) in [5.74, 6) is -1.76. The Morgan fingerprint density at radius 3 is 2.49 bits per heavy atom. The zero-order valence-electron chi connectivity index (χ0n) is 30.4. The molecule has 5 aromatic rings. The van der Waals surface area contributed by atoms with Gasteiger partial charge in [0.1, 0.15) is 32.3 Å². The summed E-state index contributed by atoms with van der Waals surface area (Å²) < 4.78 is 32.7. The van der Waals surface area contributed by atoms with Gasteiger partial charge in [0.05, 0.1) is 29.0 Å². The average molecular weight is 747 g/mol. The Morgan fingerprint density at radius 1 is 1.04 bits per heavy atom. The number of fused-ring (bicyclic) bond motifs is 8. The number of amides is 2. The van der Waals surface area contributed by atoms with Crippen LogP contribution in [0, 0.1) is 12.7 Å². The van der Waals surface area contributed by atoms with Crippen molar-refractivity contribution in [2.24, 2.45) is 0 Å². The quantitative estimate of drug-likeness (QED) is 0.0934. The molecule has 0 spiro atoms. The summed E-state index contributed by atoms with van der Waals surface area (Å²) in [4.78, 5) is 56.0. The Balaban J connectivity index is 0.875. The van der Waals surface area contributed by atoms with Crippen LogP contribution in [-0.2, 0) is 49.0 Å². The lowest BCUT2D eigenvalue weighted by atomic mass is 9.86. The van der Waals surface area contributed by atoms with E-state index >= 15 is 0 Å². The molecule has 0 fully saturated rings. The van der Waals surface area contributed by atoms with Crippen molar-refractivity contribution in [1.82, 2.24) is 20.2 Å². The van der Waals surface area contributed by atoms with Gasteiger partial charge in [0.15, 0.2) is 5.60 Å². The second-order valence-electron chi connectivity index (χ2n) is 14.1. The second-order valence-corrected chi connectivity index (χ2v) is 14.1. The first kappa shape index (κ1) is 36.1. The number of benzene rings is 3. The first-order valence-electron chi connectivity index (χ1n) is 18.3. The normalized spacial score (nSPS) is 16.5. The first-order valence-corrected chi connectivity index (χ1v) is 18.3. The lowest BCUT2D eigenvalue weighted by Crippen LogP contribution is -2.44. The third-order valence-electron chi connectivity index (χ3n) is 10.9. The molecule has 12 nitrogen and oxygen atoms in total. The van der Waals surface area contributed by atoms with Crippen LogP contribution < -0.4 is 16.2 Å². The molecule has 0 saturated carbocycles. The van der Waals surface area contributed by atoms with Crippen molar-refractivity contribution >= 4 is 28.9 Å². The molecule has 3 N–H and O–H groups in total. The maximum atomic E-state index is 14.8. The molecule has 3 aliphatic rings. The molecule has 0 bridgehead atoms. The number of carbonyl (C=O) groups is 3. The van der Waals surface area contributed by atoms with Gasteiger partial charge in [-0.25, -0.2) is 19.0 Å². The van der Waals surface area contributed by atoms with Crippen LogP contribution >= 0.6 is 0 Å². The second kappa shape index (κ2) is 14.4. The van der Waals surface area contributed by atoms with Crippen molar-refractivity contribution in [2.45, 2.75) is 57.8 Å². The van der Waals surface area contributed by atoms with Gasteiger partial charge in [-0.1, -0.05) is 55.5 Å². The Hall–Kier alpha value is -5.92. The summed E-state index contributed by atoms with van der Waals surface area (Å²) in [5.41, 5.74) is 5.98. The van der Waals surface area contributed by atoms with Crippen molar-refractivity contribution in [3.05, 3.63) is 122 Å². The van der Waals surface area contributed by atoms with Crippen molar-refractivity contribution in [3.63, 3.8) is 0 Å². The van der Waals surface area contributed by atoms with Gasteiger partial charge in [-0.05, 0) is 71.7 Å². The summed E-state index contributed by atoms with van der Waals surface area (Å²) >= 11 is 0. The molecule has 2 aromatic heterocycles. The monoisotopic (exact) mass is 746 g/mol. The maximum absolute atomic E-state index is 14.8. The largest absolute Gasteiger partial charge is 0.458 e. The molecular formula is C42H39FN4O8. The fraction of sp³-hybridized carbons (Fsp3) is 0.310. The Kier molecular flexibility index (Phi) is 9.43. The molecule has 8 rings (SSSR count). The average Bonchev–Trinajstić information content (AvgIpc) is 3.72. The zero-order chi connectivity index (χ0) is 38.4. The van der Waals surface area contributed by atoms with E-state index in [1.54, 1.807) is 30.5 Å². The van der Waals surface area contributed by atoms with E-state index in [0.717, 1.165) is 38.8 Å². The van der Waals surface area contributed by atoms with E-state index in [-0.39, 0.29) is 68.7 Å². The number of nitrogens with zero attached hydrogens (tertiary/aromatic N) is 2. The minimum Gasteiger partial charge on any atom is -0.458 e. The smallest absolute Gasteiger partial charge is 0.407 e. The van der Waals surface area contributed by atoms with Crippen LogP contribution in [0.5, 0.6) is 0 Å². The van der Waals surface area contributed by atoms with Gasteiger partial charge in [-0.2, -0.15) is 0 Å². The minimum absolute atomic E-state index is 0.0189. The molecule has 282 valence electrons.